The molecule has 22 heteroatoms. The minimum atomic E-state index is -2.85. The normalized spacial score (nSPS) is 15.0. The summed E-state index contributed by atoms with van der Waals surface area (Å²) in [5.74, 6) is 0.987. The molecule has 6 aromatic heterocycles. The molecule has 0 unspecified atom stereocenters. The van der Waals surface area contributed by atoms with Gasteiger partial charge in [0.1, 0.15) is 40.6 Å². The van der Waals surface area contributed by atoms with E-state index in [1.807, 2.05) is 32.9 Å². The first-order chi connectivity index (χ1) is 35.1. The standard InChI is InChI=1S/C13H19N3O2.C9H12N2O.C8H10F2N2O.C8H12N2O.C7H10N2O.C6H8N2O/c14-12-6-15-4-3-13(12)18-11-2-1-5-16(7-11)10-8-17-9-10;10-8-6-11-5-4-9(8)12-7-2-1-3-7;1-8(9,10)5-13-7-2-3-12-4-6(7)11;1-6(2)11-8-3-4-10-5-7(8)9;1-2-10-7-3-4-9-5-6(7)8;1-9-6-2-3-8-4-5(6)7/h3-4,6,10-11H,1-2,5,7-9,14H2;4-7H,1-3,10H2;2-4H,5,11H2,1H3;3-6H,9H2,1-2H3;3-5H,2,8H2,1H3;2-4H,7H2,1H3/t11-;;;;;/m0...../s1. The summed E-state index contributed by atoms with van der Waals surface area (Å²) in [6, 6.07) is 10.9. The van der Waals surface area contributed by atoms with Crippen molar-refractivity contribution in [2.75, 3.05) is 81.0 Å². The van der Waals surface area contributed by atoms with E-state index in [9.17, 15) is 8.78 Å². The molecular weight excluding hydrogens is 945 g/mol. The Bertz CT molecular complexity index is 2490. The minimum absolute atomic E-state index is 0.152. The molecule has 3 aliphatic rings. The van der Waals surface area contributed by atoms with Gasteiger partial charge in [0.05, 0.1) is 116 Å². The second-order valence-electron chi connectivity index (χ2n) is 16.9. The summed E-state index contributed by atoms with van der Waals surface area (Å²) in [6.45, 7) is 10.4. The molecule has 20 nitrogen and oxygen atoms in total. The van der Waals surface area contributed by atoms with Crippen molar-refractivity contribution in [3.8, 4) is 34.5 Å². The first-order valence-corrected chi connectivity index (χ1v) is 23.7. The van der Waals surface area contributed by atoms with E-state index in [-0.39, 0.29) is 23.6 Å². The molecule has 0 amide bonds. The average molecular weight is 1020 g/mol. The van der Waals surface area contributed by atoms with Crippen molar-refractivity contribution in [1.29, 1.82) is 0 Å². The van der Waals surface area contributed by atoms with Crippen LogP contribution in [0.4, 0.5) is 42.9 Å². The lowest BCUT2D eigenvalue weighted by Gasteiger charge is -2.41. The number of rotatable bonds is 13. The van der Waals surface area contributed by atoms with Crippen molar-refractivity contribution in [2.45, 2.75) is 90.1 Å². The Morgan fingerprint density at radius 3 is 1.33 bits per heavy atom. The number of alkyl halides is 2. The van der Waals surface area contributed by atoms with Crippen molar-refractivity contribution in [3.63, 3.8) is 0 Å². The number of piperidine rings is 1. The van der Waals surface area contributed by atoms with Gasteiger partial charge < -0.3 is 67.6 Å². The summed E-state index contributed by atoms with van der Waals surface area (Å²) in [4.78, 5) is 25.5. The summed E-state index contributed by atoms with van der Waals surface area (Å²) < 4.78 is 61.8. The number of pyridine rings is 6. The van der Waals surface area contributed by atoms with Crippen LogP contribution in [0.25, 0.3) is 0 Å². The van der Waals surface area contributed by atoms with E-state index < -0.39 is 12.5 Å². The second-order valence-corrected chi connectivity index (χ2v) is 16.9. The smallest absolute Gasteiger partial charge is 0.278 e. The van der Waals surface area contributed by atoms with Gasteiger partial charge in [-0.05, 0) is 59.4 Å². The number of anilines is 6. The third-order valence-corrected chi connectivity index (χ3v) is 10.4. The molecule has 0 radical (unpaired) electrons. The summed E-state index contributed by atoms with van der Waals surface area (Å²) >= 11 is 0. The van der Waals surface area contributed by atoms with Crippen LogP contribution in [0.2, 0.25) is 0 Å². The molecule has 12 N–H and O–H groups in total. The molecule has 396 valence electrons. The quantitative estimate of drug-likeness (QED) is 0.0657. The van der Waals surface area contributed by atoms with Gasteiger partial charge in [0.25, 0.3) is 5.92 Å². The maximum Gasteiger partial charge on any atom is 0.278 e. The van der Waals surface area contributed by atoms with Crippen LogP contribution in [-0.4, -0.2) is 112 Å². The van der Waals surface area contributed by atoms with Crippen LogP contribution in [0, 0.1) is 0 Å². The predicted octanol–water partition coefficient (Wildman–Crippen LogP) is 7.38. The topological polar surface area (TPSA) is 301 Å². The van der Waals surface area contributed by atoms with Crippen LogP contribution in [0.1, 0.15) is 59.8 Å². The molecule has 2 aliphatic heterocycles. The lowest BCUT2D eigenvalue weighted by molar-refractivity contribution is -0.0824. The number of aromatic nitrogens is 6. The number of likely N-dealkylation sites (tertiary alicyclic amines) is 1. The first kappa shape index (κ1) is 57.9. The highest BCUT2D eigenvalue weighted by Crippen LogP contribution is 2.29. The van der Waals surface area contributed by atoms with Gasteiger partial charge in [-0.1, -0.05) is 0 Å². The van der Waals surface area contributed by atoms with Crippen LogP contribution in [0.5, 0.6) is 34.5 Å². The monoisotopic (exact) mass is 1020 g/mol. The summed E-state index contributed by atoms with van der Waals surface area (Å²) in [5.41, 5.74) is 36.7. The van der Waals surface area contributed by atoms with Crippen LogP contribution in [-0.2, 0) is 4.74 Å². The van der Waals surface area contributed by atoms with E-state index in [4.69, 9.17) is 67.6 Å². The fraction of sp³-hybridized carbons (Fsp3) is 0.412. The Hall–Kier alpha value is -7.72. The van der Waals surface area contributed by atoms with Crippen LogP contribution in [0.3, 0.4) is 0 Å². The summed E-state index contributed by atoms with van der Waals surface area (Å²) in [6.07, 6.45) is 25.7. The lowest BCUT2D eigenvalue weighted by atomic mass is 9.96. The average Bonchev–Trinajstić information content (AvgIpc) is 3.33. The van der Waals surface area contributed by atoms with E-state index in [2.05, 4.69) is 34.8 Å². The zero-order chi connectivity index (χ0) is 53.0. The number of nitrogens with two attached hydrogens (primary N) is 6. The Kier molecular flexibility index (Phi) is 24.5. The fourth-order valence-corrected chi connectivity index (χ4v) is 6.42. The highest BCUT2D eigenvalue weighted by atomic mass is 19.3. The van der Waals surface area contributed by atoms with E-state index in [0.717, 1.165) is 64.0 Å². The molecule has 6 aromatic rings. The van der Waals surface area contributed by atoms with Gasteiger partial charge in [-0.3, -0.25) is 34.8 Å². The van der Waals surface area contributed by atoms with Crippen molar-refractivity contribution >= 4 is 34.1 Å². The van der Waals surface area contributed by atoms with Crippen LogP contribution >= 0.6 is 0 Å². The predicted molar refractivity (Wildman–Crippen MR) is 280 cm³/mol. The van der Waals surface area contributed by atoms with Gasteiger partial charge in [0.2, 0.25) is 0 Å². The third kappa shape index (κ3) is 21.7. The molecule has 0 spiro atoms. The van der Waals surface area contributed by atoms with Gasteiger partial charge >= 0.3 is 0 Å². The van der Waals surface area contributed by atoms with E-state index >= 15 is 0 Å². The fourth-order valence-electron chi connectivity index (χ4n) is 6.42. The van der Waals surface area contributed by atoms with Gasteiger partial charge in [-0.2, -0.15) is 0 Å². The SMILES string of the molecule is CC(C)Oc1ccncc1N.CC(F)(F)COc1ccncc1N.CCOc1ccncc1N.COc1ccncc1N.Nc1cnccc1OC1CCC1.Nc1cnccc1O[C@H]1CCCN(C2COC2)C1. The highest BCUT2D eigenvalue weighted by Gasteiger charge is 2.31. The Morgan fingerprint density at radius 1 is 0.589 bits per heavy atom. The molecule has 73 heavy (non-hydrogen) atoms. The zero-order valence-electron chi connectivity index (χ0n) is 42.2. The Morgan fingerprint density at radius 2 is 0.986 bits per heavy atom. The minimum Gasteiger partial charge on any atom is -0.494 e. The number of hydrogen-bond donors (Lipinski definition) is 6. The molecule has 1 saturated carbocycles. The molecule has 1 aliphatic carbocycles. The largest absolute Gasteiger partial charge is 0.494 e. The molecule has 2 saturated heterocycles. The number of halogens is 2. The molecule has 8 heterocycles. The number of hydrogen-bond acceptors (Lipinski definition) is 20. The molecule has 1 atom stereocenters. The number of methoxy groups -OCH3 is 1. The van der Waals surface area contributed by atoms with Crippen molar-refractivity contribution < 1.29 is 41.9 Å². The van der Waals surface area contributed by atoms with Gasteiger partial charge in [0.15, 0.2) is 6.61 Å². The molecule has 0 aromatic carbocycles. The third-order valence-electron chi connectivity index (χ3n) is 10.4. The lowest BCUT2D eigenvalue weighted by Crippen LogP contribution is -2.54. The highest BCUT2D eigenvalue weighted by molar-refractivity contribution is 5.52. The maximum absolute atomic E-state index is 12.4. The van der Waals surface area contributed by atoms with Crippen molar-refractivity contribution in [1.82, 2.24) is 34.8 Å². The van der Waals surface area contributed by atoms with Gasteiger partial charge in [-0.25, -0.2) is 8.78 Å². The Balaban J connectivity index is 0.000000193. The molecular formula is C51H71F2N13O7. The van der Waals surface area contributed by atoms with E-state index in [0.29, 0.717) is 64.4 Å². The van der Waals surface area contributed by atoms with E-state index in [1.54, 1.807) is 87.3 Å². The molecule has 9 rings (SSSR count). The first-order valence-electron chi connectivity index (χ1n) is 23.7. The second kappa shape index (κ2) is 30.9. The van der Waals surface area contributed by atoms with Gasteiger partial charge in [0, 0.05) is 87.0 Å². The van der Waals surface area contributed by atoms with Crippen molar-refractivity contribution in [3.05, 3.63) is 111 Å². The van der Waals surface area contributed by atoms with Crippen LogP contribution in [0.15, 0.2) is 111 Å². The summed E-state index contributed by atoms with van der Waals surface area (Å²) in [5, 5.41) is 0. The van der Waals surface area contributed by atoms with E-state index in [1.165, 1.54) is 31.3 Å². The van der Waals surface area contributed by atoms with Crippen LogP contribution < -0.4 is 62.8 Å². The zero-order valence-corrected chi connectivity index (χ0v) is 42.2. The molecule has 3 fully saturated rings. The van der Waals surface area contributed by atoms with Gasteiger partial charge in [-0.15, -0.1) is 0 Å². The summed E-state index contributed by atoms with van der Waals surface area (Å²) in [7, 11) is 1.58. The van der Waals surface area contributed by atoms with Crippen molar-refractivity contribution in [2.24, 2.45) is 0 Å². The molecule has 0 bridgehead atoms. The number of nitrogens with zero attached hydrogens (tertiary/aromatic N) is 7. The maximum atomic E-state index is 12.4. The Labute approximate surface area is 426 Å². The number of ether oxygens (including phenoxy) is 7. The number of nitrogen functional groups attached to an aromatic ring is 6.